The predicted octanol–water partition coefficient (Wildman–Crippen LogP) is 0.313. The van der Waals surface area contributed by atoms with Crippen molar-refractivity contribution in [2.75, 3.05) is 26.7 Å². The van der Waals surface area contributed by atoms with Gasteiger partial charge >= 0.3 is 0 Å². The SMILES string of the molecule is CN1CCN(C23CC2C3)CCC1=O. The molecule has 0 atom stereocenters. The maximum atomic E-state index is 11.4. The summed E-state index contributed by atoms with van der Waals surface area (Å²) in [6.07, 6.45) is 3.54. The van der Waals surface area contributed by atoms with Gasteiger partial charge in [-0.05, 0) is 18.8 Å². The highest BCUT2D eigenvalue weighted by Crippen LogP contribution is 2.70. The van der Waals surface area contributed by atoms with Crippen molar-refractivity contribution in [2.24, 2.45) is 5.92 Å². The Morgan fingerprint density at radius 2 is 2.00 bits per heavy atom. The van der Waals surface area contributed by atoms with Crippen molar-refractivity contribution in [3.63, 3.8) is 0 Å². The topological polar surface area (TPSA) is 23.6 Å². The number of nitrogens with zero attached hydrogens (tertiary/aromatic N) is 2. The Labute approximate surface area is 78.7 Å². The molecule has 3 rings (SSSR count). The van der Waals surface area contributed by atoms with E-state index < -0.39 is 0 Å². The number of amides is 1. The number of hydrogen-bond donors (Lipinski definition) is 0. The second-order valence-corrected chi connectivity index (χ2v) is 4.76. The zero-order chi connectivity index (χ0) is 9.05. The third-order valence-electron chi connectivity index (χ3n) is 4.00. The van der Waals surface area contributed by atoms with Gasteiger partial charge in [-0.25, -0.2) is 0 Å². The van der Waals surface area contributed by atoms with Crippen molar-refractivity contribution in [1.82, 2.24) is 9.80 Å². The van der Waals surface area contributed by atoms with Gasteiger partial charge in [-0.1, -0.05) is 0 Å². The van der Waals surface area contributed by atoms with Gasteiger partial charge in [0, 0.05) is 38.6 Å². The summed E-state index contributed by atoms with van der Waals surface area (Å²) >= 11 is 0. The molecule has 0 aromatic rings. The second-order valence-electron chi connectivity index (χ2n) is 4.76. The van der Waals surface area contributed by atoms with Gasteiger partial charge in [-0.3, -0.25) is 9.69 Å². The van der Waals surface area contributed by atoms with Crippen molar-refractivity contribution >= 4 is 5.91 Å². The van der Waals surface area contributed by atoms with E-state index in [0.29, 0.717) is 11.4 Å². The molecule has 2 aliphatic carbocycles. The van der Waals surface area contributed by atoms with E-state index in [9.17, 15) is 4.79 Å². The van der Waals surface area contributed by atoms with E-state index in [-0.39, 0.29) is 0 Å². The summed E-state index contributed by atoms with van der Waals surface area (Å²) in [5, 5.41) is 0. The van der Waals surface area contributed by atoms with E-state index in [2.05, 4.69) is 4.90 Å². The molecule has 1 saturated heterocycles. The average Bonchev–Trinajstić information content (AvgIpc) is 2.87. The molecule has 1 heterocycles. The van der Waals surface area contributed by atoms with Crippen LogP contribution >= 0.6 is 0 Å². The summed E-state index contributed by atoms with van der Waals surface area (Å²) in [7, 11) is 1.92. The quantitative estimate of drug-likeness (QED) is 0.580. The molecular weight excluding hydrogens is 164 g/mol. The van der Waals surface area contributed by atoms with E-state index in [1.54, 1.807) is 0 Å². The summed E-state index contributed by atoms with van der Waals surface area (Å²) in [6.45, 7) is 3.02. The van der Waals surface area contributed by atoms with Crippen LogP contribution in [-0.4, -0.2) is 47.9 Å². The molecule has 3 aliphatic rings. The molecule has 0 unspecified atom stereocenters. The Kier molecular flexibility index (Phi) is 1.36. The van der Waals surface area contributed by atoms with Crippen LogP contribution in [0.25, 0.3) is 0 Å². The molecule has 72 valence electrons. The molecule has 2 saturated carbocycles. The van der Waals surface area contributed by atoms with Gasteiger partial charge in [-0.15, -0.1) is 0 Å². The van der Waals surface area contributed by atoms with Crippen LogP contribution in [0.3, 0.4) is 0 Å². The van der Waals surface area contributed by atoms with E-state index in [1.807, 2.05) is 11.9 Å². The van der Waals surface area contributed by atoms with Crippen LogP contribution in [0.1, 0.15) is 19.3 Å². The summed E-state index contributed by atoms with van der Waals surface area (Å²) in [5.41, 5.74) is 0.603. The lowest BCUT2D eigenvalue weighted by atomic mass is 10.3. The Morgan fingerprint density at radius 1 is 1.31 bits per heavy atom. The maximum Gasteiger partial charge on any atom is 0.223 e. The second kappa shape index (κ2) is 2.27. The lowest BCUT2D eigenvalue weighted by Gasteiger charge is -2.23. The molecule has 3 fully saturated rings. The minimum absolute atomic E-state index is 0.316. The molecule has 3 heteroatoms. The van der Waals surface area contributed by atoms with Crippen LogP contribution in [0.4, 0.5) is 0 Å². The highest BCUT2D eigenvalue weighted by atomic mass is 16.2. The van der Waals surface area contributed by atoms with E-state index in [1.165, 1.54) is 12.8 Å². The number of fused-ring (bicyclic) bond motifs is 1. The molecule has 0 aromatic heterocycles. The molecule has 0 radical (unpaired) electrons. The molecule has 1 aliphatic heterocycles. The van der Waals surface area contributed by atoms with Gasteiger partial charge in [0.1, 0.15) is 0 Å². The smallest absolute Gasteiger partial charge is 0.223 e. The molecule has 3 nitrogen and oxygen atoms in total. The molecule has 13 heavy (non-hydrogen) atoms. The number of carbonyl (C=O) groups excluding carboxylic acids is 1. The normalized spacial score (nSPS) is 44.2. The molecule has 0 aromatic carbocycles. The first-order chi connectivity index (χ1) is 6.22. The zero-order valence-electron chi connectivity index (χ0n) is 8.12. The van der Waals surface area contributed by atoms with Gasteiger partial charge in [0.25, 0.3) is 0 Å². The Balaban J connectivity index is 1.68. The average molecular weight is 180 g/mol. The lowest BCUT2D eigenvalue weighted by molar-refractivity contribution is -0.129. The summed E-state index contributed by atoms with van der Waals surface area (Å²) in [4.78, 5) is 15.8. The van der Waals surface area contributed by atoms with Crippen molar-refractivity contribution in [3.8, 4) is 0 Å². The molecule has 0 N–H and O–H groups in total. The summed E-state index contributed by atoms with van der Waals surface area (Å²) in [5.74, 6) is 1.32. The van der Waals surface area contributed by atoms with Gasteiger partial charge in [-0.2, -0.15) is 0 Å². The van der Waals surface area contributed by atoms with Crippen molar-refractivity contribution in [3.05, 3.63) is 0 Å². The van der Waals surface area contributed by atoms with Crippen molar-refractivity contribution < 1.29 is 4.79 Å². The van der Waals surface area contributed by atoms with E-state index in [4.69, 9.17) is 0 Å². The summed E-state index contributed by atoms with van der Waals surface area (Å²) in [6, 6.07) is 0. The standard InChI is InChI=1S/C10H16N2O/c1-11-4-5-12(3-2-9(11)13)10-6-8(10)7-10/h8H,2-7H2,1H3. The number of carbonyl (C=O) groups is 1. The van der Waals surface area contributed by atoms with E-state index in [0.717, 1.165) is 32.0 Å². The monoisotopic (exact) mass is 180 g/mol. The minimum Gasteiger partial charge on any atom is -0.344 e. The highest BCUT2D eigenvalue weighted by Gasteiger charge is 2.72. The van der Waals surface area contributed by atoms with Crippen LogP contribution in [0, 0.1) is 5.92 Å². The van der Waals surface area contributed by atoms with Crippen LogP contribution < -0.4 is 0 Å². The predicted molar refractivity (Wildman–Crippen MR) is 49.3 cm³/mol. The number of rotatable bonds is 1. The van der Waals surface area contributed by atoms with E-state index >= 15 is 0 Å². The molecule has 0 spiro atoms. The highest BCUT2D eigenvalue weighted by molar-refractivity contribution is 5.76. The van der Waals surface area contributed by atoms with Crippen LogP contribution in [-0.2, 0) is 4.79 Å². The fraction of sp³-hybridized carbons (Fsp3) is 0.900. The number of likely N-dealkylation sites (N-methyl/N-ethyl adjacent to an activating group) is 1. The maximum absolute atomic E-state index is 11.4. The van der Waals surface area contributed by atoms with Crippen molar-refractivity contribution in [2.45, 2.75) is 24.8 Å². The fourth-order valence-corrected chi connectivity index (χ4v) is 2.57. The fourth-order valence-electron chi connectivity index (χ4n) is 2.57. The molecule has 1 amide bonds. The Hall–Kier alpha value is -0.570. The number of hydrogen-bond acceptors (Lipinski definition) is 2. The van der Waals surface area contributed by atoms with Crippen molar-refractivity contribution in [1.29, 1.82) is 0 Å². The van der Waals surface area contributed by atoms with Crippen LogP contribution in [0.5, 0.6) is 0 Å². The van der Waals surface area contributed by atoms with Gasteiger partial charge in [0.15, 0.2) is 0 Å². The van der Waals surface area contributed by atoms with Gasteiger partial charge in [0.05, 0.1) is 0 Å². The first-order valence-corrected chi connectivity index (χ1v) is 5.21. The Morgan fingerprint density at radius 3 is 2.62 bits per heavy atom. The van der Waals surface area contributed by atoms with Crippen LogP contribution in [0.15, 0.2) is 0 Å². The minimum atomic E-state index is 0.316. The lowest BCUT2D eigenvalue weighted by Crippen LogP contribution is -2.34. The van der Waals surface area contributed by atoms with Gasteiger partial charge < -0.3 is 4.90 Å². The third kappa shape index (κ3) is 1.03. The third-order valence-corrected chi connectivity index (χ3v) is 4.00. The Bertz CT molecular complexity index is 258. The summed E-state index contributed by atoms with van der Waals surface area (Å²) < 4.78 is 0. The first kappa shape index (κ1) is 7.80. The zero-order valence-corrected chi connectivity index (χ0v) is 8.12. The largest absolute Gasteiger partial charge is 0.344 e. The van der Waals surface area contributed by atoms with Gasteiger partial charge in [0.2, 0.25) is 5.91 Å². The molecular formula is C10H16N2O. The molecule has 0 bridgehead atoms. The first-order valence-electron chi connectivity index (χ1n) is 5.21. The van der Waals surface area contributed by atoms with Crippen LogP contribution in [0.2, 0.25) is 0 Å².